The van der Waals surface area contributed by atoms with Gasteiger partial charge in [0.2, 0.25) is 0 Å². The molecule has 1 saturated carbocycles. The van der Waals surface area contributed by atoms with Crippen molar-refractivity contribution < 1.29 is 37.0 Å². The molecule has 1 aliphatic rings. The van der Waals surface area contributed by atoms with Crippen LogP contribution in [0.4, 0.5) is 24.5 Å². The van der Waals surface area contributed by atoms with Gasteiger partial charge in [-0.05, 0) is 73.2 Å². The Balaban J connectivity index is 1.44. The first-order chi connectivity index (χ1) is 16.1. The molecule has 2 aromatic carbocycles. The van der Waals surface area contributed by atoms with Crippen LogP contribution in [0.1, 0.15) is 36.8 Å². The Morgan fingerprint density at radius 2 is 1.59 bits per heavy atom. The molecule has 1 aliphatic carbocycles. The van der Waals surface area contributed by atoms with Gasteiger partial charge in [-0.25, -0.2) is 4.79 Å². The molecule has 0 radical (unpaired) electrons. The Labute approximate surface area is 194 Å². The number of hydrogen-bond acceptors (Lipinski definition) is 7. The summed E-state index contributed by atoms with van der Waals surface area (Å²) in [5.41, 5.74) is 13.7. The molecule has 0 atom stereocenters. The molecule has 3 rings (SSSR count). The molecule has 7 nitrogen and oxygen atoms in total. The van der Waals surface area contributed by atoms with E-state index in [0.717, 1.165) is 0 Å². The Morgan fingerprint density at radius 1 is 0.971 bits per heavy atom. The van der Waals surface area contributed by atoms with Crippen LogP contribution in [0.3, 0.4) is 0 Å². The van der Waals surface area contributed by atoms with Gasteiger partial charge in [-0.3, -0.25) is 9.53 Å². The molecule has 0 spiro atoms. The van der Waals surface area contributed by atoms with Gasteiger partial charge in [0.15, 0.2) is 0 Å². The zero-order valence-corrected chi connectivity index (χ0v) is 18.2. The molecular weight excluding hydrogens is 453 g/mol. The van der Waals surface area contributed by atoms with E-state index in [1.54, 1.807) is 48.5 Å². The lowest BCUT2D eigenvalue weighted by Crippen LogP contribution is -2.32. The average Bonchev–Trinajstić information content (AvgIpc) is 2.76. The lowest BCUT2D eigenvalue weighted by atomic mass is 9.87. The summed E-state index contributed by atoms with van der Waals surface area (Å²) in [7, 11) is 0. The summed E-state index contributed by atoms with van der Waals surface area (Å²) in [5.74, 6) is -1.21. The zero-order chi connectivity index (χ0) is 24.7. The summed E-state index contributed by atoms with van der Waals surface area (Å²) in [5, 5.41) is 0. The second-order valence-electron chi connectivity index (χ2n) is 7.98. The first-order valence-corrected chi connectivity index (χ1v) is 10.6. The molecule has 2 aromatic rings. The smallest absolute Gasteiger partial charge is 0.458 e. The first kappa shape index (κ1) is 25.1. The topological polar surface area (TPSA) is 114 Å². The Bertz CT molecular complexity index is 1010. The van der Waals surface area contributed by atoms with Gasteiger partial charge in [0.05, 0.1) is 12.0 Å². The first-order valence-electron chi connectivity index (χ1n) is 10.6. The number of halogens is 3. The Hall–Kier alpha value is -3.53. The van der Waals surface area contributed by atoms with Crippen LogP contribution in [-0.4, -0.2) is 24.4 Å². The van der Waals surface area contributed by atoms with Gasteiger partial charge >= 0.3 is 18.3 Å². The summed E-state index contributed by atoms with van der Waals surface area (Å²) >= 11 is 0. The fourth-order valence-corrected chi connectivity index (χ4v) is 3.65. The minimum absolute atomic E-state index is 0.0253. The van der Waals surface area contributed by atoms with Gasteiger partial charge in [0.25, 0.3) is 0 Å². The molecular formula is C24H25F3N2O5. The molecule has 34 heavy (non-hydrogen) atoms. The molecule has 4 N–H and O–H groups in total. The minimum Gasteiger partial charge on any atom is -0.458 e. The number of rotatable bonds is 7. The van der Waals surface area contributed by atoms with E-state index < -0.39 is 30.3 Å². The predicted octanol–water partition coefficient (Wildman–Crippen LogP) is 4.61. The van der Waals surface area contributed by atoms with Crippen LogP contribution in [0.5, 0.6) is 5.75 Å². The number of esters is 2. The normalized spacial score (nSPS) is 18.6. The third-order valence-corrected chi connectivity index (χ3v) is 5.24. The van der Waals surface area contributed by atoms with Crippen molar-refractivity contribution in [3.63, 3.8) is 0 Å². The van der Waals surface area contributed by atoms with E-state index in [2.05, 4.69) is 4.74 Å². The van der Waals surface area contributed by atoms with Crippen LogP contribution in [0, 0.1) is 5.92 Å². The van der Waals surface area contributed by atoms with Gasteiger partial charge in [-0.1, -0.05) is 12.1 Å². The molecule has 0 heterocycles. The molecule has 0 bridgehead atoms. The lowest BCUT2D eigenvalue weighted by Gasteiger charge is -2.27. The number of alkyl halides is 3. The third-order valence-electron chi connectivity index (χ3n) is 5.24. The van der Waals surface area contributed by atoms with Crippen molar-refractivity contribution in [3.05, 3.63) is 59.7 Å². The minimum atomic E-state index is -4.67. The maximum atomic E-state index is 12.3. The van der Waals surface area contributed by atoms with Crippen LogP contribution in [0.25, 0.3) is 6.08 Å². The van der Waals surface area contributed by atoms with Crippen molar-refractivity contribution in [1.29, 1.82) is 0 Å². The highest BCUT2D eigenvalue weighted by molar-refractivity contribution is 5.87. The van der Waals surface area contributed by atoms with Crippen LogP contribution in [0.2, 0.25) is 0 Å². The zero-order valence-electron chi connectivity index (χ0n) is 18.2. The van der Waals surface area contributed by atoms with Gasteiger partial charge in [-0.15, -0.1) is 13.2 Å². The van der Waals surface area contributed by atoms with E-state index in [0.29, 0.717) is 28.3 Å². The van der Waals surface area contributed by atoms with Crippen molar-refractivity contribution >= 4 is 29.4 Å². The number of ether oxygens (including phenoxy) is 3. The molecule has 182 valence electrons. The van der Waals surface area contributed by atoms with Crippen LogP contribution < -0.4 is 16.2 Å². The van der Waals surface area contributed by atoms with E-state index in [4.69, 9.17) is 20.9 Å². The second kappa shape index (κ2) is 11.1. The average molecular weight is 478 g/mol. The van der Waals surface area contributed by atoms with Crippen LogP contribution in [0.15, 0.2) is 48.5 Å². The number of anilines is 2. The molecule has 0 unspecified atom stereocenters. The summed E-state index contributed by atoms with van der Waals surface area (Å²) in [4.78, 5) is 24.2. The molecule has 0 saturated heterocycles. The standard InChI is InChI=1S/C24H25F3N2O5/c25-24(26,27)34-21-8-4-17(5-9-21)23(31)33-20-6-1-15(2-7-20)3-10-22(30)32-14-16-11-18(28)13-19(29)12-16/h1-3,6-7,10-13,17,21H,4-5,8-9,14,28-29H2/b10-3+. The van der Waals surface area contributed by atoms with Crippen molar-refractivity contribution in [2.24, 2.45) is 5.92 Å². The molecule has 0 aromatic heterocycles. The second-order valence-corrected chi connectivity index (χ2v) is 7.98. The Kier molecular flexibility index (Phi) is 8.17. The van der Waals surface area contributed by atoms with Gasteiger partial charge in [0.1, 0.15) is 12.4 Å². The third kappa shape index (κ3) is 8.11. The van der Waals surface area contributed by atoms with Gasteiger partial charge < -0.3 is 20.9 Å². The highest BCUT2D eigenvalue weighted by Gasteiger charge is 2.36. The fourth-order valence-electron chi connectivity index (χ4n) is 3.65. The number of carbonyl (C=O) groups is 2. The summed E-state index contributed by atoms with van der Waals surface area (Å²) < 4.78 is 51.4. The number of hydrogen-bond donors (Lipinski definition) is 2. The maximum Gasteiger partial charge on any atom is 0.522 e. The molecule has 10 heteroatoms. The van der Waals surface area contributed by atoms with Crippen LogP contribution >= 0.6 is 0 Å². The van der Waals surface area contributed by atoms with E-state index in [-0.39, 0.29) is 32.3 Å². The molecule has 0 amide bonds. The number of benzene rings is 2. The SMILES string of the molecule is Nc1cc(N)cc(COC(=O)/C=C/c2ccc(OC(=O)C3CCC(OC(F)(F)F)CC3)cc2)c1. The van der Waals surface area contributed by atoms with E-state index >= 15 is 0 Å². The largest absolute Gasteiger partial charge is 0.522 e. The van der Waals surface area contributed by atoms with Crippen molar-refractivity contribution in [1.82, 2.24) is 0 Å². The fraction of sp³-hybridized carbons (Fsp3) is 0.333. The molecule has 0 aliphatic heterocycles. The summed E-state index contributed by atoms with van der Waals surface area (Å²) in [6.07, 6.45) is -1.97. The lowest BCUT2D eigenvalue weighted by molar-refractivity contribution is -0.345. The Morgan fingerprint density at radius 3 is 2.18 bits per heavy atom. The monoisotopic (exact) mass is 478 g/mol. The highest BCUT2D eigenvalue weighted by atomic mass is 19.4. The summed E-state index contributed by atoms with van der Waals surface area (Å²) in [6, 6.07) is 11.4. The molecule has 1 fully saturated rings. The highest BCUT2D eigenvalue weighted by Crippen LogP contribution is 2.31. The number of carbonyl (C=O) groups excluding carboxylic acids is 2. The van der Waals surface area contributed by atoms with Crippen LogP contribution in [-0.2, 0) is 25.7 Å². The van der Waals surface area contributed by atoms with E-state index in [9.17, 15) is 22.8 Å². The van der Waals surface area contributed by atoms with E-state index in [1.165, 1.54) is 6.08 Å². The van der Waals surface area contributed by atoms with Crippen molar-refractivity contribution in [3.8, 4) is 5.75 Å². The van der Waals surface area contributed by atoms with E-state index in [1.807, 2.05) is 0 Å². The summed E-state index contributed by atoms with van der Waals surface area (Å²) in [6.45, 7) is 0.0253. The van der Waals surface area contributed by atoms with Gasteiger partial charge in [-0.2, -0.15) is 0 Å². The maximum absolute atomic E-state index is 12.3. The van der Waals surface area contributed by atoms with Crippen molar-refractivity contribution in [2.75, 3.05) is 11.5 Å². The van der Waals surface area contributed by atoms with Gasteiger partial charge in [0, 0.05) is 17.5 Å². The number of nitrogen functional groups attached to an aromatic ring is 2. The van der Waals surface area contributed by atoms with Crippen molar-refractivity contribution in [2.45, 2.75) is 44.8 Å². The number of nitrogens with two attached hydrogens (primary N) is 2. The quantitative estimate of drug-likeness (QED) is 0.259. The predicted molar refractivity (Wildman–Crippen MR) is 119 cm³/mol.